The Balaban J connectivity index is 2.04. The van der Waals surface area contributed by atoms with E-state index >= 15 is 0 Å². The molecule has 1 aliphatic carbocycles. The molecular formula is C14H20BrN. The zero-order chi connectivity index (χ0) is 11.5. The number of halogens is 1. The van der Waals surface area contributed by atoms with Crippen LogP contribution in [0.2, 0.25) is 0 Å². The third-order valence-corrected chi connectivity index (χ3v) is 4.31. The molecule has 0 bridgehead atoms. The van der Waals surface area contributed by atoms with Gasteiger partial charge in [0.2, 0.25) is 0 Å². The Hall–Kier alpha value is -0.340. The van der Waals surface area contributed by atoms with Crippen molar-refractivity contribution in [2.45, 2.75) is 38.6 Å². The Kier molecular flexibility index (Phi) is 4.04. The summed E-state index contributed by atoms with van der Waals surface area (Å²) in [5.41, 5.74) is 1.50. The smallest absolute Gasteiger partial charge is 0.0175 e. The lowest BCUT2D eigenvalue weighted by Crippen LogP contribution is -2.48. The molecule has 0 radical (unpaired) electrons. The van der Waals surface area contributed by atoms with Crippen LogP contribution in [-0.2, 0) is 0 Å². The molecule has 0 heterocycles. The van der Waals surface area contributed by atoms with Crippen molar-refractivity contribution in [1.82, 2.24) is 5.32 Å². The summed E-state index contributed by atoms with van der Waals surface area (Å²) >= 11 is 3.49. The van der Waals surface area contributed by atoms with Crippen molar-refractivity contribution in [3.05, 3.63) is 34.3 Å². The molecule has 1 aromatic carbocycles. The topological polar surface area (TPSA) is 12.0 Å². The molecule has 3 unspecified atom stereocenters. The predicted octanol–water partition coefficient (Wildman–Crippen LogP) is 3.94. The third kappa shape index (κ3) is 2.33. The zero-order valence-electron chi connectivity index (χ0n) is 10.0. The van der Waals surface area contributed by atoms with Crippen molar-refractivity contribution in [2.24, 2.45) is 5.92 Å². The molecule has 2 rings (SSSR count). The van der Waals surface area contributed by atoms with E-state index in [0.717, 1.165) is 24.4 Å². The minimum Gasteiger partial charge on any atom is -0.314 e. The summed E-state index contributed by atoms with van der Waals surface area (Å²) in [6.45, 7) is 5.59. The van der Waals surface area contributed by atoms with E-state index in [9.17, 15) is 0 Å². The molecule has 1 saturated carbocycles. The molecule has 1 nitrogen and oxygen atoms in total. The van der Waals surface area contributed by atoms with Gasteiger partial charge in [0.05, 0.1) is 0 Å². The van der Waals surface area contributed by atoms with E-state index in [1.165, 1.54) is 22.9 Å². The lowest BCUT2D eigenvalue weighted by Gasteiger charge is -2.45. The van der Waals surface area contributed by atoms with Gasteiger partial charge in [0.15, 0.2) is 0 Å². The highest BCUT2D eigenvalue weighted by molar-refractivity contribution is 9.10. The summed E-state index contributed by atoms with van der Waals surface area (Å²) in [6, 6.07) is 9.58. The molecular weight excluding hydrogens is 262 g/mol. The molecule has 88 valence electrons. The maximum absolute atomic E-state index is 3.58. The standard InChI is InChI=1S/C14H20BrN/c1-3-12-13(9-14(12)16-4-2)10-5-7-11(15)8-6-10/h5-8,12-14,16H,3-4,9H2,1-2H3. The van der Waals surface area contributed by atoms with Crippen molar-refractivity contribution in [1.29, 1.82) is 0 Å². The first-order valence-corrected chi connectivity index (χ1v) is 7.04. The summed E-state index contributed by atoms with van der Waals surface area (Å²) in [4.78, 5) is 0. The van der Waals surface area contributed by atoms with Gasteiger partial charge in [-0.25, -0.2) is 0 Å². The average molecular weight is 282 g/mol. The van der Waals surface area contributed by atoms with Crippen LogP contribution in [0.25, 0.3) is 0 Å². The van der Waals surface area contributed by atoms with Crippen LogP contribution in [0.3, 0.4) is 0 Å². The molecule has 0 aromatic heterocycles. The number of benzene rings is 1. The fourth-order valence-electron chi connectivity index (χ4n) is 2.87. The molecule has 1 fully saturated rings. The molecule has 1 aromatic rings. The van der Waals surface area contributed by atoms with Crippen LogP contribution in [0.5, 0.6) is 0 Å². The van der Waals surface area contributed by atoms with Gasteiger partial charge in [-0.15, -0.1) is 0 Å². The van der Waals surface area contributed by atoms with Crippen molar-refractivity contribution in [3.8, 4) is 0 Å². The normalized spacial score (nSPS) is 28.8. The highest BCUT2D eigenvalue weighted by atomic mass is 79.9. The van der Waals surface area contributed by atoms with E-state index < -0.39 is 0 Å². The molecule has 2 heteroatoms. The summed E-state index contributed by atoms with van der Waals surface area (Å²) in [7, 11) is 0. The maximum Gasteiger partial charge on any atom is 0.0175 e. The van der Waals surface area contributed by atoms with Crippen molar-refractivity contribution < 1.29 is 0 Å². The van der Waals surface area contributed by atoms with E-state index in [1.807, 2.05) is 0 Å². The summed E-state index contributed by atoms with van der Waals surface area (Å²) < 4.78 is 1.17. The Labute approximate surface area is 107 Å². The van der Waals surface area contributed by atoms with Gasteiger partial charge in [-0.05, 0) is 42.5 Å². The lowest BCUT2D eigenvalue weighted by molar-refractivity contribution is 0.163. The van der Waals surface area contributed by atoms with E-state index in [0.29, 0.717) is 0 Å². The molecule has 1 N–H and O–H groups in total. The average Bonchev–Trinajstić information content (AvgIpc) is 2.26. The van der Waals surface area contributed by atoms with Crippen molar-refractivity contribution in [3.63, 3.8) is 0 Å². The van der Waals surface area contributed by atoms with Crippen molar-refractivity contribution >= 4 is 15.9 Å². The van der Waals surface area contributed by atoms with Gasteiger partial charge in [0.1, 0.15) is 0 Å². The predicted molar refractivity (Wildman–Crippen MR) is 72.7 cm³/mol. The quantitative estimate of drug-likeness (QED) is 0.882. The van der Waals surface area contributed by atoms with E-state index in [2.05, 4.69) is 59.4 Å². The van der Waals surface area contributed by atoms with E-state index in [1.54, 1.807) is 0 Å². The second-order valence-electron chi connectivity index (χ2n) is 4.63. The zero-order valence-corrected chi connectivity index (χ0v) is 11.6. The van der Waals surface area contributed by atoms with Crippen LogP contribution in [0.1, 0.15) is 38.2 Å². The summed E-state index contributed by atoms with van der Waals surface area (Å²) in [6.07, 6.45) is 2.58. The monoisotopic (exact) mass is 281 g/mol. The SMILES string of the molecule is CCNC1CC(c2ccc(Br)cc2)C1CC. The summed E-state index contributed by atoms with van der Waals surface area (Å²) in [5.74, 6) is 1.59. The van der Waals surface area contributed by atoms with Crippen LogP contribution >= 0.6 is 15.9 Å². The number of rotatable bonds is 4. The van der Waals surface area contributed by atoms with Gasteiger partial charge in [-0.3, -0.25) is 0 Å². The Morgan fingerprint density at radius 1 is 1.25 bits per heavy atom. The Morgan fingerprint density at radius 2 is 1.94 bits per heavy atom. The van der Waals surface area contributed by atoms with Gasteiger partial charge in [-0.1, -0.05) is 48.3 Å². The fraction of sp³-hybridized carbons (Fsp3) is 0.571. The van der Waals surface area contributed by atoms with E-state index in [4.69, 9.17) is 0 Å². The third-order valence-electron chi connectivity index (χ3n) is 3.78. The van der Waals surface area contributed by atoms with Gasteiger partial charge in [0.25, 0.3) is 0 Å². The number of nitrogens with one attached hydrogen (secondary N) is 1. The van der Waals surface area contributed by atoms with Gasteiger partial charge in [0, 0.05) is 10.5 Å². The van der Waals surface area contributed by atoms with Crippen LogP contribution in [0.15, 0.2) is 28.7 Å². The van der Waals surface area contributed by atoms with Gasteiger partial charge < -0.3 is 5.32 Å². The summed E-state index contributed by atoms with van der Waals surface area (Å²) in [5, 5.41) is 3.58. The Bertz CT molecular complexity index is 333. The minimum absolute atomic E-state index is 0.739. The molecule has 1 aliphatic rings. The largest absolute Gasteiger partial charge is 0.314 e. The van der Waals surface area contributed by atoms with Crippen LogP contribution in [-0.4, -0.2) is 12.6 Å². The highest BCUT2D eigenvalue weighted by Crippen LogP contribution is 2.44. The highest BCUT2D eigenvalue weighted by Gasteiger charge is 2.39. The van der Waals surface area contributed by atoms with Gasteiger partial charge in [-0.2, -0.15) is 0 Å². The second kappa shape index (κ2) is 5.33. The maximum atomic E-state index is 3.58. The van der Waals surface area contributed by atoms with E-state index in [-0.39, 0.29) is 0 Å². The van der Waals surface area contributed by atoms with Gasteiger partial charge >= 0.3 is 0 Å². The molecule has 0 amide bonds. The first-order chi connectivity index (χ1) is 7.76. The number of hydrogen-bond donors (Lipinski definition) is 1. The Morgan fingerprint density at radius 3 is 2.50 bits per heavy atom. The lowest BCUT2D eigenvalue weighted by atomic mass is 9.65. The van der Waals surface area contributed by atoms with Crippen LogP contribution in [0, 0.1) is 5.92 Å². The first-order valence-electron chi connectivity index (χ1n) is 6.25. The fourth-order valence-corrected chi connectivity index (χ4v) is 3.13. The minimum atomic E-state index is 0.739. The first kappa shape index (κ1) is 12.1. The van der Waals surface area contributed by atoms with Crippen molar-refractivity contribution in [2.75, 3.05) is 6.54 Å². The molecule has 0 aliphatic heterocycles. The van der Waals surface area contributed by atoms with Crippen LogP contribution in [0.4, 0.5) is 0 Å². The molecule has 0 spiro atoms. The molecule has 3 atom stereocenters. The second-order valence-corrected chi connectivity index (χ2v) is 5.55. The molecule has 0 saturated heterocycles. The number of hydrogen-bond acceptors (Lipinski definition) is 1. The molecule has 16 heavy (non-hydrogen) atoms. The van der Waals surface area contributed by atoms with Crippen LogP contribution < -0.4 is 5.32 Å².